The second-order valence-electron chi connectivity index (χ2n) is 10.5. The molecule has 220 valence electrons. The quantitative estimate of drug-likeness (QED) is 0.236. The van der Waals surface area contributed by atoms with E-state index in [0.29, 0.717) is 24.4 Å². The summed E-state index contributed by atoms with van der Waals surface area (Å²) >= 11 is 0. The molecule has 0 amide bonds. The molecule has 1 aliphatic heterocycles. The Morgan fingerprint density at radius 3 is 2.61 bits per heavy atom. The Morgan fingerprint density at radius 1 is 1.20 bits per heavy atom. The highest BCUT2D eigenvalue weighted by Gasteiger charge is 2.61. The van der Waals surface area contributed by atoms with Gasteiger partial charge in [0.2, 0.25) is 5.82 Å². The molecule has 5 rings (SSSR count). The number of nitrogens with zero attached hydrogens (tertiary/aromatic N) is 1. The molecule has 2 heterocycles. The number of aromatic amines is 1. The molecule has 0 radical (unpaired) electrons. The van der Waals surface area contributed by atoms with Gasteiger partial charge in [-0.3, -0.25) is 23.7 Å². The van der Waals surface area contributed by atoms with Crippen LogP contribution in [0.2, 0.25) is 0 Å². The van der Waals surface area contributed by atoms with Crippen molar-refractivity contribution in [1.82, 2.24) is 14.6 Å². The number of rotatable bonds is 10. The fourth-order valence-electron chi connectivity index (χ4n) is 4.86. The highest BCUT2D eigenvalue weighted by molar-refractivity contribution is 7.52. The summed E-state index contributed by atoms with van der Waals surface area (Å²) in [5, 5.41) is 15.0. The Morgan fingerprint density at radius 2 is 1.90 bits per heavy atom. The van der Waals surface area contributed by atoms with Gasteiger partial charge in [-0.05, 0) is 45.1 Å². The minimum absolute atomic E-state index is 0.125. The molecule has 1 aromatic heterocycles. The molecule has 3 aromatic rings. The van der Waals surface area contributed by atoms with Gasteiger partial charge in [0, 0.05) is 11.8 Å². The fourth-order valence-corrected chi connectivity index (χ4v) is 6.77. The van der Waals surface area contributed by atoms with Gasteiger partial charge in [-0.2, -0.15) is 9.48 Å². The predicted octanol–water partition coefficient (Wildman–Crippen LogP) is 3.14. The average Bonchev–Trinajstić information content (AvgIpc) is 3.56. The lowest BCUT2D eigenvalue weighted by Crippen LogP contribution is -2.42. The number of carbonyl (C=O) groups is 1. The highest BCUT2D eigenvalue weighted by atomic mass is 31.2. The van der Waals surface area contributed by atoms with Crippen molar-refractivity contribution >= 4 is 24.5 Å². The van der Waals surface area contributed by atoms with Crippen molar-refractivity contribution in [3.05, 3.63) is 75.3 Å². The summed E-state index contributed by atoms with van der Waals surface area (Å²) < 4.78 is 52.5. The van der Waals surface area contributed by atoms with E-state index in [1.165, 1.54) is 6.92 Å². The monoisotopic (exact) mass is 591 g/mol. The van der Waals surface area contributed by atoms with E-state index in [-0.39, 0.29) is 12.2 Å². The number of hydrogen-bond acceptors (Lipinski definition) is 9. The Bertz CT molecular complexity index is 1610. The van der Waals surface area contributed by atoms with Gasteiger partial charge in [-0.25, -0.2) is 9.36 Å². The molecule has 14 heteroatoms. The largest absolute Gasteiger partial charge is 0.462 e. The number of nitrogens with one attached hydrogen (secondary N) is 2. The molecule has 0 spiro atoms. The van der Waals surface area contributed by atoms with Gasteiger partial charge in [-0.15, -0.1) is 0 Å². The maximum Gasteiger partial charge on any atom is 0.460 e. The third kappa shape index (κ3) is 6.14. The summed E-state index contributed by atoms with van der Waals surface area (Å²) in [6, 6.07) is 11.4. The normalized spacial score (nSPS) is 23.7. The highest BCUT2D eigenvalue weighted by Crippen LogP contribution is 2.60. The molecule has 3 N–H and O–H groups in total. The fraction of sp³-hybridized carbons (Fsp3) is 0.444. The summed E-state index contributed by atoms with van der Waals surface area (Å²) in [7, 11) is -4.37. The van der Waals surface area contributed by atoms with Crippen LogP contribution in [-0.4, -0.2) is 50.6 Å². The van der Waals surface area contributed by atoms with Crippen LogP contribution in [-0.2, 0) is 23.4 Å². The number of fused-ring (bicyclic) bond motifs is 1. The molecular weight excluding hydrogens is 560 g/mol. The van der Waals surface area contributed by atoms with E-state index in [0.717, 1.165) is 9.95 Å². The van der Waals surface area contributed by atoms with Crippen molar-refractivity contribution in [2.45, 2.75) is 76.2 Å². The Labute approximate surface area is 234 Å². The van der Waals surface area contributed by atoms with E-state index in [1.807, 2.05) is 23.2 Å². The third-order valence-corrected chi connectivity index (χ3v) is 8.66. The van der Waals surface area contributed by atoms with Gasteiger partial charge in [0.15, 0.2) is 0 Å². The van der Waals surface area contributed by atoms with Crippen LogP contribution < -0.4 is 20.9 Å². The summed E-state index contributed by atoms with van der Waals surface area (Å²) in [6.07, 6.45) is -2.61. The number of H-pyrrole nitrogens is 1. The number of hydrogen-bond donors (Lipinski definition) is 3. The second-order valence-corrected chi connectivity index (χ2v) is 12.1. The number of benzene rings is 2. The molecule has 2 fully saturated rings. The van der Waals surface area contributed by atoms with Gasteiger partial charge in [0.25, 0.3) is 5.56 Å². The smallest absolute Gasteiger partial charge is 0.460 e. The SMILES string of the molecule is CC(C)OC(=O)[C@H](C)N[P@@](=O)(Oc1cccc2ccccc12)OC1([C@H]2O[C@@H](n3cc(F)c(=O)[nH]c3=O)C[C@@H]2O)CC1. The molecule has 1 saturated carbocycles. The van der Waals surface area contributed by atoms with E-state index in [9.17, 15) is 28.4 Å². The summed E-state index contributed by atoms with van der Waals surface area (Å²) in [5.74, 6) is -1.63. The van der Waals surface area contributed by atoms with E-state index >= 15 is 0 Å². The van der Waals surface area contributed by atoms with E-state index in [4.69, 9.17) is 18.5 Å². The van der Waals surface area contributed by atoms with Crippen LogP contribution in [0.4, 0.5) is 4.39 Å². The first-order chi connectivity index (χ1) is 19.4. The molecule has 12 nitrogen and oxygen atoms in total. The minimum atomic E-state index is -4.37. The second kappa shape index (κ2) is 11.1. The van der Waals surface area contributed by atoms with E-state index < -0.39 is 67.0 Å². The number of halogens is 1. The van der Waals surface area contributed by atoms with Crippen molar-refractivity contribution in [1.29, 1.82) is 0 Å². The molecule has 0 unspecified atom stereocenters. The van der Waals surface area contributed by atoms with Crippen molar-refractivity contribution in [3.63, 3.8) is 0 Å². The van der Waals surface area contributed by atoms with Crippen LogP contribution in [0.3, 0.4) is 0 Å². The average molecular weight is 592 g/mol. The molecule has 0 bridgehead atoms. The van der Waals surface area contributed by atoms with Crippen molar-refractivity contribution in [2.75, 3.05) is 0 Å². The van der Waals surface area contributed by atoms with Gasteiger partial charge in [0.05, 0.1) is 18.4 Å². The molecule has 1 aliphatic carbocycles. The number of aromatic nitrogens is 2. The summed E-state index contributed by atoms with van der Waals surface area (Å²) in [5.41, 5.74) is -3.40. The Hall–Kier alpha value is -3.35. The zero-order valence-corrected chi connectivity index (χ0v) is 23.5. The third-order valence-electron chi connectivity index (χ3n) is 6.92. The van der Waals surface area contributed by atoms with Crippen molar-refractivity contribution in [2.24, 2.45) is 0 Å². The minimum Gasteiger partial charge on any atom is -0.462 e. The molecule has 2 aromatic carbocycles. The number of aliphatic hydroxyl groups is 1. The Kier molecular flexibility index (Phi) is 7.92. The molecule has 2 aliphatic rings. The molecule has 1 saturated heterocycles. The van der Waals surface area contributed by atoms with Crippen LogP contribution in [0, 0.1) is 5.82 Å². The van der Waals surface area contributed by atoms with Gasteiger partial charge < -0.3 is 19.1 Å². The zero-order valence-electron chi connectivity index (χ0n) is 22.6. The molecule has 41 heavy (non-hydrogen) atoms. The number of aliphatic hydroxyl groups excluding tert-OH is 1. The first-order valence-corrected chi connectivity index (χ1v) is 14.7. The number of carbonyl (C=O) groups excluding carboxylic acids is 1. The summed E-state index contributed by atoms with van der Waals surface area (Å²) in [4.78, 5) is 38.2. The van der Waals surface area contributed by atoms with Crippen LogP contribution >= 0.6 is 7.75 Å². The maximum absolute atomic E-state index is 14.4. The standard InChI is InChI=1S/C27H31FN3O9P/c1-15(2)37-25(34)16(3)30-41(36,39-21-10-6-8-17-7-4-5-9-18(17)21)40-27(11-12-27)23-20(32)13-22(38-23)31-14-19(28)24(33)29-26(31)35/h4-10,14-16,20,22-23,32H,11-13H2,1-3H3,(H,30,36)(H,29,33,35)/t16-,20-,22+,23-,41+/m0/s1. The maximum atomic E-state index is 14.4. The predicted molar refractivity (Wildman–Crippen MR) is 145 cm³/mol. The van der Waals surface area contributed by atoms with E-state index in [2.05, 4.69) is 5.09 Å². The van der Waals surface area contributed by atoms with Gasteiger partial charge >= 0.3 is 19.4 Å². The lowest BCUT2D eigenvalue weighted by atomic mass is 10.1. The van der Waals surface area contributed by atoms with Gasteiger partial charge in [0.1, 0.15) is 29.7 Å². The Balaban J connectivity index is 1.44. The van der Waals surface area contributed by atoms with Crippen LogP contribution in [0.25, 0.3) is 10.8 Å². The first kappa shape index (κ1) is 29.2. The van der Waals surface area contributed by atoms with Crippen LogP contribution in [0.5, 0.6) is 5.75 Å². The topological polar surface area (TPSA) is 158 Å². The van der Waals surface area contributed by atoms with Crippen LogP contribution in [0.1, 0.15) is 46.3 Å². The molecular formula is C27H31FN3O9P. The van der Waals surface area contributed by atoms with Crippen LogP contribution in [0.15, 0.2) is 58.3 Å². The lowest BCUT2D eigenvalue weighted by molar-refractivity contribution is -0.149. The van der Waals surface area contributed by atoms with Crippen molar-refractivity contribution < 1.29 is 37.4 Å². The molecule has 5 atom stereocenters. The first-order valence-electron chi connectivity index (χ1n) is 13.2. The summed E-state index contributed by atoms with van der Waals surface area (Å²) in [6.45, 7) is 4.82. The van der Waals surface area contributed by atoms with Gasteiger partial charge in [-0.1, -0.05) is 36.4 Å². The number of esters is 1. The lowest BCUT2D eigenvalue weighted by Gasteiger charge is -2.31. The number of ether oxygens (including phenoxy) is 2. The van der Waals surface area contributed by atoms with E-state index in [1.54, 1.807) is 38.1 Å². The zero-order chi connectivity index (χ0) is 29.5. The van der Waals surface area contributed by atoms with Crippen molar-refractivity contribution in [3.8, 4) is 5.75 Å².